The Bertz CT molecular complexity index is 639. The van der Waals surface area contributed by atoms with Gasteiger partial charge in [-0.2, -0.15) is 0 Å². The summed E-state index contributed by atoms with van der Waals surface area (Å²) in [4.78, 5) is 7.91. The van der Waals surface area contributed by atoms with Gasteiger partial charge in [0.15, 0.2) is 4.21 Å². The molecular weight excluding hydrogens is 326 g/mol. The highest BCUT2D eigenvalue weighted by atomic mass is 79.9. The molecule has 0 fully saturated rings. The maximum absolute atomic E-state index is 11.9. The zero-order chi connectivity index (χ0) is 12.5. The van der Waals surface area contributed by atoms with Gasteiger partial charge in [0.05, 0.1) is 11.2 Å². The molecule has 2 rings (SSSR count). The first-order chi connectivity index (χ1) is 7.97. The number of halogens is 1. The SMILES string of the molecule is Cc1ncc(S(=O)(=O)Nc2cccc(Br)n2)s1. The smallest absolute Gasteiger partial charge is 0.263 e. The van der Waals surface area contributed by atoms with Gasteiger partial charge in [-0.05, 0) is 35.0 Å². The number of anilines is 1. The molecule has 17 heavy (non-hydrogen) atoms. The van der Waals surface area contributed by atoms with Crippen molar-refractivity contribution in [2.24, 2.45) is 0 Å². The number of thiazole rings is 1. The second-order valence-electron chi connectivity index (χ2n) is 3.15. The molecular formula is C9H8BrN3O2S2. The number of nitrogens with zero attached hydrogens (tertiary/aromatic N) is 2. The summed E-state index contributed by atoms with van der Waals surface area (Å²) in [6.45, 7) is 1.75. The van der Waals surface area contributed by atoms with E-state index in [9.17, 15) is 8.42 Å². The van der Waals surface area contributed by atoms with Gasteiger partial charge in [0.1, 0.15) is 10.4 Å². The Labute approximate surface area is 111 Å². The minimum Gasteiger partial charge on any atom is -0.263 e. The predicted molar refractivity (Wildman–Crippen MR) is 69.6 cm³/mol. The summed E-state index contributed by atoms with van der Waals surface area (Å²) >= 11 is 4.29. The van der Waals surface area contributed by atoms with Crippen LogP contribution in [-0.4, -0.2) is 18.4 Å². The van der Waals surface area contributed by atoms with Crippen LogP contribution in [0.2, 0.25) is 0 Å². The van der Waals surface area contributed by atoms with Crippen LogP contribution in [0.5, 0.6) is 0 Å². The van der Waals surface area contributed by atoms with Crippen LogP contribution in [0.3, 0.4) is 0 Å². The third-order valence-electron chi connectivity index (χ3n) is 1.82. The molecule has 2 aromatic heterocycles. The van der Waals surface area contributed by atoms with Crippen LogP contribution in [0, 0.1) is 6.92 Å². The quantitative estimate of drug-likeness (QED) is 0.875. The Morgan fingerprint density at radius 3 is 2.76 bits per heavy atom. The van der Waals surface area contributed by atoms with Crippen LogP contribution in [-0.2, 0) is 10.0 Å². The molecule has 5 nitrogen and oxygen atoms in total. The van der Waals surface area contributed by atoms with E-state index in [1.807, 2.05) is 0 Å². The Morgan fingerprint density at radius 2 is 2.18 bits per heavy atom. The van der Waals surface area contributed by atoms with Crippen molar-refractivity contribution >= 4 is 43.1 Å². The van der Waals surface area contributed by atoms with Crippen LogP contribution in [0.15, 0.2) is 33.2 Å². The van der Waals surface area contributed by atoms with Crippen molar-refractivity contribution in [2.75, 3.05) is 4.72 Å². The zero-order valence-corrected chi connectivity index (χ0v) is 11.9. The van der Waals surface area contributed by atoms with E-state index in [1.54, 1.807) is 25.1 Å². The second kappa shape index (κ2) is 4.71. The number of sulfonamides is 1. The van der Waals surface area contributed by atoms with Crippen molar-refractivity contribution in [1.29, 1.82) is 0 Å². The highest BCUT2D eigenvalue weighted by Crippen LogP contribution is 2.21. The van der Waals surface area contributed by atoms with E-state index < -0.39 is 10.0 Å². The summed E-state index contributed by atoms with van der Waals surface area (Å²) in [5, 5.41) is 0.701. The first kappa shape index (κ1) is 12.5. The monoisotopic (exact) mass is 333 g/mol. The third kappa shape index (κ3) is 3.02. The van der Waals surface area contributed by atoms with E-state index in [0.29, 0.717) is 9.61 Å². The molecule has 0 aliphatic rings. The van der Waals surface area contributed by atoms with E-state index >= 15 is 0 Å². The number of aryl methyl sites for hydroxylation is 1. The average molecular weight is 334 g/mol. The van der Waals surface area contributed by atoms with Gasteiger partial charge >= 0.3 is 0 Å². The van der Waals surface area contributed by atoms with Crippen LogP contribution in [0.25, 0.3) is 0 Å². The molecule has 0 radical (unpaired) electrons. The van der Waals surface area contributed by atoms with E-state index in [1.165, 1.54) is 6.20 Å². The minimum atomic E-state index is -3.59. The average Bonchev–Trinajstić information content (AvgIpc) is 2.65. The van der Waals surface area contributed by atoms with Crippen molar-refractivity contribution < 1.29 is 8.42 Å². The lowest BCUT2D eigenvalue weighted by Gasteiger charge is -2.04. The van der Waals surface area contributed by atoms with Crippen LogP contribution in [0.1, 0.15) is 5.01 Å². The molecule has 0 amide bonds. The van der Waals surface area contributed by atoms with Gasteiger partial charge < -0.3 is 0 Å². The van der Waals surface area contributed by atoms with E-state index in [4.69, 9.17) is 0 Å². The molecule has 0 bridgehead atoms. The van der Waals surface area contributed by atoms with Crippen molar-refractivity contribution in [1.82, 2.24) is 9.97 Å². The highest BCUT2D eigenvalue weighted by Gasteiger charge is 2.17. The normalized spacial score (nSPS) is 11.4. The van der Waals surface area contributed by atoms with Gasteiger partial charge in [-0.3, -0.25) is 4.72 Å². The van der Waals surface area contributed by atoms with Gasteiger partial charge in [-0.25, -0.2) is 18.4 Å². The fourth-order valence-corrected chi connectivity index (χ4v) is 3.57. The van der Waals surface area contributed by atoms with Crippen LogP contribution in [0.4, 0.5) is 5.82 Å². The molecule has 0 saturated heterocycles. The summed E-state index contributed by atoms with van der Waals surface area (Å²) in [5.41, 5.74) is 0. The van der Waals surface area contributed by atoms with Gasteiger partial charge in [-0.1, -0.05) is 6.07 Å². The summed E-state index contributed by atoms with van der Waals surface area (Å²) in [6.07, 6.45) is 1.33. The summed E-state index contributed by atoms with van der Waals surface area (Å²) in [5.74, 6) is 0.269. The van der Waals surface area contributed by atoms with Gasteiger partial charge in [0.25, 0.3) is 10.0 Å². The molecule has 0 aliphatic carbocycles. The molecule has 1 N–H and O–H groups in total. The Morgan fingerprint density at radius 1 is 1.41 bits per heavy atom. The number of hydrogen-bond donors (Lipinski definition) is 1. The van der Waals surface area contributed by atoms with Crippen LogP contribution < -0.4 is 4.72 Å². The van der Waals surface area contributed by atoms with E-state index in [0.717, 1.165) is 11.3 Å². The third-order valence-corrected chi connectivity index (χ3v) is 4.99. The lowest BCUT2D eigenvalue weighted by atomic mass is 10.5. The molecule has 90 valence electrons. The topological polar surface area (TPSA) is 72.0 Å². The molecule has 0 atom stereocenters. The molecule has 0 saturated carbocycles. The van der Waals surface area contributed by atoms with Gasteiger partial charge in [0, 0.05) is 0 Å². The number of hydrogen-bond acceptors (Lipinski definition) is 5. The zero-order valence-electron chi connectivity index (χ0n) is 8.71. The van der Waals surface area contributed by atoms with Crippen molar-refractivity contribution in [3.63, 3.8) is 0 Å². The summed E-state index contributed by atoms with van der Waals surface area (Å²) in [7, 11) is -3.59. The lowest BCUT2D eigenvalue weighted by Crippen LogP contribution is -2.12. The number of nitrogens with one attached hydrogen (secondary N) is 1. The molecule has 8 heteroatoms. The first-order valence-electron chi connectivity index (χ1n) is 4.55. The lowest BCUT2D eigenvalue weighted by molar-refractivity contribution is 0.603. The molecule has 0 aliphatic heterocycles. The van der Waals surface area contributed by atoms with Crippen molar-refractivity contribution in [3.8, 4) is 0 Å². The van der Waals surface area contributed by atoms with Crippen molar-refractivity contribution in [3.05, 3.63) is 34.0 Å². The predicted octanol–water partition coefficient (Wildman–Crippen LogP) is 2.41. The number of pyridine rings is 1. The molecule has 0 unspecified atom stereocenters. The van der Waals surface area contributed by atoms with E-state index in [2.05, 4.69) is 30.6 Å². The summed E-state index contributed by atoms with van der Waals surface area (Å²) in [6, 6.07) is 5.00. The Balaban J connectivity index is 2.29. The largest absolute Gasteiger partial charge is 0.274 e. The van der Waals surface area contributed by atoms with Crippen LogP contribution >= 0.6 is 27.3 Å². The fourth-order valence-electron chi connectivity index (χ4n) is 1.12. The first-order valence-corrected chi connectivity index (χ1v) is 7.64. The molecule has 2 heterocycles. The second-order valence-corrected chi connectivity index (χ2v) is 7.11. The molecule has 2 aromatic rings. The Hall–Kier alpha value is -0.990. The maximum Gasteiger partial charge on any atom is 0.274 e. The fraction of sp³-hybridized carbons (Fsp3) is 0.111. The summed E-state index contributed by atoms with van der Waals surface area (Å²) < 4.78 is 27.0. The maximum atomic E-state index is 11.9. The number of aromatic nitrogens is 2. The molecule has 0 aromatic carbocycles. The Kier molecular flexibility index (Phi) is 3.45. The van der Waals surface area contributed by atoms with E-state index in [-0.39, 0.29) is 10.0 Å². The molecule has 0 spiro atoms. The van der Waals surface area contributed by atoms with Gasteiger partial charge in [0.2, 0.25) is 0 Å². The minimum absolute atomic E-state index is 0.178. The highest BCUT2D eigenvalue weighted by molar-refractivity contribution is 9.10. The van der Waals surface area contributed by atoms with Crippen molar-refractivity contribution in [2.45, 2.75) is 11.1 Å². The number of rotatable bonds is 3. The van der Waals surface area contributed by atoms with Gasteiger partial charge in [-0.15, -0.1) is 11.3 Å². The standard InChI is InChI=1S/C9H8BrN3O2S2/c1-6-11-5-9(16-6)17(14,15)13-8-4-2-3-7(10)12-8/h2-5H,1H3,(H,12,13).